The summed E-state index contributed by atoms with van der Waals surface area (Å²) in [5, 5.41) is 8.42. The minimum absolute atomic E-state index is 0. The first-order valence-corrected chi connectivity index (χ1v) is 19.9. The molecule has 10 nitrogen and oxygen atoms in total. The number of para-hydroxylation sites is 6. The van der Waals surface area contributed by atoms with E-state index in [1.165, 1.54) is 0 Å². The normalized spacial score (nSPS) is 11.9. The van der Waals surface area contributed by atoms with Crippen molar-refractivity contribution in [2.75, 3.05) is 33.7 Å². The number of benzene rings is 6. The number of hydrogen-bond donors (Lipinski definition) is 0. The van der Waals surface area contributed by atoms with Crippen molar-refractivity contribution >= 4 is 69.8 Å². The summed E-state index contributed by atoms with van der Waals surface area (Å²) in [7, 11) is 4.03. The van der Waals surface area contributed by atoms with E-state index in [1.807, 2.05) is 232 Å². The van der Waals surface area contributed by atoms with Crippen molar-refractivity contribution in [1.82, 2.24) is 9.97 Å². The van der Waals surface area contributed by atoms with Gasteiger partial charge in [0.1, 0.15) is 11.6 Å². The summed E-state index contributed by atoms with van der Waals surface area (Å²) in [4.78, 5) is 25.4. The molecule has 0 saturated heterocycles. The predicted molar refractivity (Wildman–Crippen MR) is 257 cm³/mol. The van der Waals surface area contributed by atoms with Gasteiger partial charge in [-0.15, -0.1) is 11.4 Å². The summed E-state index contributed by atoms with van der Waals surface area (Å²) in [5.74, 6) is 1.90. The second-order valence-electron chi connectivity index (χ2n) is 13.5. The molecule has 0 bridgehead atoms. The molecule has 328 valence electrons. The van der Waals surface area contributed by atoms with Gasteiger partial charge in [0.15, 0.2) is 0 Å². The van der Waals surface area contributed by atoms with E-state index in [9.17, 15) is 0 Å². The van der Waals surface area contributed by atoms with Crippen LogP contribution in [0.25, 0.3) is 10.6 Å². The van der Waals surface area contributed by atoms with E-state index in [0.29, 0.717) is 0 Å². The molecule has 0 saturated carbocycles. The van der Waals surface area contributed by atoms with E-state index in [0.717, 1.165) is 57.1 Å². The molecule has 0 radical (unpaired) electrons. The maximum Gasteiger partial charge on any atom is 0.124 e. The Hall–Kier alpha value is -6.86. The van der Waals surface area contributed by atoms with Crippen LogP contribution in [0, 0.1) is 25.5 Å². The standard InChI is InChI=1S/2C13H11N3.2C13H11N2.2Pt/c2*1-15-10-16(11-6-3-2-4-7-11)13-12(15)8-5-9-14-13;2*1-3-7-12(8-4-1)14-11-15-13-9-5-2-6-10-13;;/h2*2-6,8-10H,1H3;2*1-11H;;/q2*-2;2*-1;;. The molecule has 0 fully saturated rings. The molecular formula is C52H44N10Pt2-6. The van der Waals surface area contributed by atoms with Crippen LogP contribution in [0.2, 0.25) is 0 Å². The summed E-state index contributed by atoms with van der Waals surface area (Å²) >= 11 is 0. The summed E-state index contributed by atoms with van der Waals surface area (Å²) in [6.07, 6.45) is 6.76. The molecule has 0 atom stereocenters. The van der Waals surface area contributed by atoms with Crippen LogP contribution in [0.3, 0.4) is 0 Å². The Bertz CT molecular complexity index is 2390. The van der Waals surface area contributed by atoms with Gasteiger partial charge in [0.05, 0.1) is 0 Å². The number of nitrogens with zero attached hydrogens (tertiary/aromatic N) is 10. The van der Waals surface area contributed by atoms with Crippen molar-refractivity contribution in [3.63, 3.8) is 0 Å². The largest absolute Gasteiger partial charge is 0.502 e. The fraction of sp³-hybridized carbons (Fsp3) is 0.0385. The molecule has 8 aromatic rings. The smallest absolute Gasteiger partial charge is 0.124 e. The molecule has 2 aromatic heterocycles. The van der Waals surface area contributed by atoms with Gasteiger partial charge in [-0.05, 0) is 61.1 Å². The Labute approximate surface area is 405 Å². The van der Waals surface area contributed by atoms with E-state index >= 15 is 0 Å². The van der Waals surface area contributed by atoms with Gasteiger partial charge in [-0.1, -0.05) is 134 Å². The SMILES string of the molecule is C(=Nc1ccccc1)[N-]c1ccccc1.C(=Nc1ccccc1)[N-]c1ccccc1.CN1[CH-]N(c2[c-]cccc2)c2ncccc21.CN1[CH-]N(c2[c-]cccc2)c2ncccc21.[Pt].[Pt]. The minimum Gasteiger partial charge on any atom is -0.502 e. The Balaban J connectivity index is 0.000000159. The van der Waals surface area contributed by atoms with Crippen LogP contribution in [0.15, 0.2) is 217 Å². The van der Waals surface area contributed by atoms with E-state index in [-0.39, 0.29) is 42.1 Å². The van der Waals surface area contributed by atoms with E-state index < -0.39 is 0 Å². The topological polar surface area (TPSA) is 91.7 Å². The number of rotatable bonds is 8. The molecule has 6 aromatic carbocycles. The van der Waals surface area contributed by atoms with Crippen molar-refractivity contribution < 1.29 is 42.1 Å². The van der Waals surface area contributed by atoms with Gasteiger partial charge in [0.25, 0.3) is 0 Å². The van der Waals surface area contributed by atoms with E-state index in [4.69, 9.17) is 0 Å². The molecule has 0 spiro atoms. The van der Waals surface area contributed by atoms with Gasteiger partial charge in [-0.3, -0.25) is 0 Å². The molecule has 0 N–H and O–H groups in total. The zero-order chi connectivity index (χ0) is 42.6. The first-order chi connectivity index (χ1) is 30.6. The zero-order valence-corrected chi connectivity index (χ0v) is 39.6. The van der Waals surface area contributed by atoms with Crippen LogP contribution in [0.5, 0.6) is 0 Å². The quantitative estimate of drug-likeness (QED) is 0.0855. The number of fused-ring (bicyclic) bond motifs is 2. The first-order valence-electron chi connectivity index (χ1n) is 19.9. The number of aliphatic imine (C=N–C) groups is 2. The Morgan fingerprint density at radius 1 is 0.453 bits per heavy atom. The maximum absolute atomic E-state index is 4.40. The molecule has 0 unspecified atom stereocenters. The maximum atomic E-state index is 4.40. The third-order valence-corrected chi connectivity index (χ3v) is 9.08. The van der Waals surface area contributed by atoms with Crippen LogP contribution < -0.4 is 19.6 Å². The van der Waals surface area contributed by atoms with E-state index in [1.54, 1.807) is 12.7 Å². The second-order valence-corrected chi connectivity index (χ2v) is 13.5. The van der Waals surface area contributed by atoms with Crippen LogP contribution in [0.4, 0.5) is 57.1 Å². The number of hydrogen-bond acceptors (Lipinski definition) is 8. The zero-order valence-electron chi connectivity index (χ0n) is 35.0. The van der Waals surface area contributed by atoms with Crippen molar-refractivity contribution in [3.8, 4) is 0 Å². The number of anilines is 6. The summed E-state index contributed by atoms with van der Waals surface area (Å²) in [6.45, 7) is 4.03. The molecule has 10 rings (SSSR count). The van der Waals surface area contributed by atoms with Gasteiger partial charge in [0, 0.05) is 65.9 Å². The van der Waals surface area contributed by atoms with Gasteiger partial charge < -0.3 is 40.2 Å². The number of aromatic nitrogens is 2. The number of pyridine rings is 2. The third kappa shape index (κ3) is 14.1. The Morgan fingerprint density at radius 2 is 0.812 bits per heavy atom. The van der Waals surface area contributed by atoms with Crippen molar-refractivity contribution in [1.29, 1.82) is 0 Å². The average molecular weight is 1200 g/mol. The fourth-order valence-electron chi connectivity index (χ4n) is 6.08. The molecule has 2 aliphatic rings. The molecule has 0 amide bonds. The molecule has 2 aliphatic heterocycles. The minimum atomic E-state index is 0. The molecule has 4 heterocycles. The summed E-state index contributed by atoms with van der Waals surface area (Å²) < 4.78 is 0. The monoisotopic (exact) mass is 1200 g/mol. The van der Waals surface area contributed by atoms with Crippen LogP contribution in [0.1, 0.15) is 0 Å². The van der Waals surface area contributed by atoms with Crippen molar-refractivity contribution in [2.45, 2.75) is 0 Å². The Morgan fingerprint density at radius 3 is 1.17 bits per heavy atom. The van der Waals surface area contributed by atoms with E-state index in [2.05, 4.69) is 64.7 Å². The van der Waals surface area contributed by atoms with Gasteiger partial charge in [0.2, 0.25) is 0 Å². The van der Waals surface area contributed by atoms with Crippen molar-refractivity contribution in [2.24, 2.45) is 9.98 Å². The Kier molecular flexibility index (Phi) is 19.5. The van der Waals surface area contributed by atoms with Gasteiger partial charge in [-0.25, -0.2) is 9.97 Å². The molecule has 0 aliphatic carbocycles. The molecular weight excluding hydrogens is 1150 g/mol. The summed E-state index contributed by atoms with van der Waals surface area (Å²) in [6, 6.07) is 69.2. The van der Waals surface area contributed by atoms with Crippen LogP contribution in [-0.4, -0.2) is 36.7 Å². The van der Waals surface area contributed by atoms with Crippen molar-refractivity contribution in [3.05, 3.63) is 243 Å². The third-order valence-electron chi connectivity index (χ3n) is 9.08. The molecule has 64 heavy (non-hydrogen) atoms. The average Bonchev–Trinajstić information content (AvgIpc) is 3.87. The summed E-state index contributed by atoms with van der Waals surface area (Å²) in [5.41, 5.74) is 7.89. The van der Waals surface area contributed by atoms with Crippen LogP contribution in [-0.2, 0) is 42.1 Å². The fourth-order valence-corrected chi connectivity index (χ4v) is 6.08. The van der Waals surface area contributed by atoms with Gasteiger partial charge in [-0.2, -0.15) is 74.0 Å². The van der Waals surface area contributed by atoms with Crippen LogP contribution >= 0.6 is 0 Å². The van der Waals surface area contributed by atoms with Gasteiger partial charge >= 0.3 is 0 Å². The second kappa shape index (κ2) is 25.9. The predicted octanol–water partition coefficient (Wildman–Crippen LogP) is 13.3. The molecule has 12 heteroatoms. The first kappa shape index (κ1) is 48.2.